The summed E-state index contributed by atoms with van der Waals surface area (Å²) < 4.78 is 60.8. The second kappa shape index (κ2) is 10.5. The molecule has 2 amide bonds. The van der Waals surface area contributed by atoms with Gasteiger partial charge >= 0.3 is 6.09 Å². The monoisotopic (exact) mass is 527 g/mol. The van der Waals surface area contributed by atoms with E-state index in [0.717, 1.165) is 21.1 Å². The minimum atomic E-state index is -3.01. The van der Waals surface area contributed by atoms with E-state index in [2.05, 4.69) is 5.32 Å². The van der Waals surface area contributed by atoms with Crippen LogP contribution in [0.2, 0.25) is 0 Å². The molecule has 0 aliphatic carbocycles. The highest BCUT2D eigenvalue weighted by molar-refractivity contribution is 7.80. The van der Waals surface area contributed by atoms with Crippen LogP contribution in [0.1, 0.15) is 36.8 Å². The van der Waals surface area contributed by atoms with E-state index < -0.39 is 70.5 Å². The van der Waals surface area contributed by atoms with Gasteiger partial charge in [-0.15, -0.1) is 0 Å². The van der Waals surface area contributed by atoms with Crippen LogP contribution in [0.4, 0.5) is 25.0 Å². The number of aliphatic hydroxyl groups is 1. The number of nitrogens with one attached hydrogen (secondary N) is 1. The molecule has 2 N–H and O–H groups in total. The summed E-state index contributed by atoms with van der Waals surface area (Å²) in [6.45, 7) is 5.92. The zero-order valence-electron chi connectivity index (χ0n) is 20.6. The van der Waals surface area contributed by atoms with E-state index in [1.165, 1.54) is 31.0 Å². The summed E-state index contributed by atoms with van der Waals surface area (Å²) in [4.78, 5) is 26.6. The summed E-state index contributed by atoms with van der Waals surface area (Å²) in [5, 5.41) is 12.3. The van der Waals surface area contributed by atoms with Gasteiger partial charge in [0.15, 0.2) is 5.82 Å². The lowest BCUT2D eigenvalue weighted by Crippen LogP contribution is -2.44. The Morgan fingerprint density at radius 2 is 1.97 bits per heavy atom. The number of likely N-dealkylation sites (tertiary alicyclic amines) is 1. The van der Waals surface area contributed by atoms with Crippen LogP contribution in [0.25, 0.3) is 0 Å². The molecule has 1 fully saturated rings. The number of anilines is 2. The first-order valence-corrected chi connectivity index (χ1v) is 12.2. The average Bonchev–Trinajstić information content (AvgIpc) is 3.30. The first kappa shape index (κ1) is 27.6. The Bertz CT molecular complexity index is 1180. The van der Waals surface area contributed by atoms with E-state index in [-0.39, 0.29) is 24.3 Å². The molecule has 2 heterocycles. The molecule has 3 atom stereocenters. The number of benzene rings is 1. The van der Waals surface area contributed by atoms with Gasteiger partial charge in [-0.1, -0.05) is 0 Å². The van der Waals surface area contributed by atoms with E-state index in [1.807, 2.05) is 0 Å². The molecule has 13 heteroatoms. The molecule has 0 radical (unpaired) electrons. The largest absolute Gasteiger partial charge is 0.755 e. The lowest BCUT2D eigenvalue weighted by Gasteiger charge is -2.33. The zero-order chi connectivity index (χ0) is 26.9. The van der Waals surface area contributed by atoms with Crippen molar-refractivity contribution >= 4 is 34.6 Å². The molecule has 1 aromatic carbocycles. The van der Waals surface area contributed by atoms with Crippen LogP contribution in [0.3, 0.4) is 0 Å². The second-order valence-corrected chi connectivity index (χ2v) is 10.5. The van der Waals surface area contributed by atoms with Gasteiger partial charge < -0.3 is 29.2 Å². The fourth-order valence-corrected chi connectivity index (χ4v) is 4.80. The smallest absolute Gasteiger partial charge is 0.410 e. The SMILES string of the molecule is Cc1cc(NC(=O)c2c(F)c(N(C3CN(C(=O)OC(C)(C)C)CC3CO)S(=O)[O-])cn2C)ccc1F. The minimum Gasteiger partial charge on any atom is -0.755 e. The van der Waals surface area contributed by atoms with Gasteiger partial charge in [-0.3, -0.25) is 13.3 Å². The molecule has 1 aliphatic rings. The molecule has 0 bridgehead atoms. The standard InChI is InChI=1S/C23H30F2N4O6S/c1-13-8-15(6-7-16(13)24)26-21(31)20-19(25)18(10-27(20)5)29(36(33)34)17-11-28(9-14(17)12-30)22(32)35-23(2,3)4/h6-8,10,14,17,30H,9,11-12H2,1-5H3,(H,26,31)(H,33,34)/p-1. The maximum atomic E-state index is 15.5. The van der Waals surface area contributed by atoms with Crippen LogP contribution >= 0.6 is 0 Å². The van der Waals surface area contributed by atoms with Crippen molar-refractivity contribution in [3.8, 4) is 0 Å². The third-order valence-electron chi connectivity index (χ3n) is 5.72. The highest BCUT2D eigenvalue weighted by atomic mass is 32.2. The number of hydrogen-bond acceptors (Lipinski definition) is 6. The number of nitrogens with zero attached hydrogens (tertiary/aromatic N) is 3. The Morgan fingerprint density at radius 1 is 1.31 bits per heavy atom. The number of amides is 2. The second-order valence-electron chi connectivity index (χ2n) is 9.64. The molecule has 0 saturated carbocycles. The predicted octanol–water partition coefficient (Wildman–Crippen LogP) is 2.69. The Hall–Kier alpha value is -3.03. The van der Waals surface area contributed by atoms with Crippen molar-refractivity contribution in [1.82, 2.24) is 9.47 Å². The Labute approximate surface area is 210 Å². The van der Waals surface area contributed by atoms with Crippen LogP contribution in [0, 0.1) is 24.5 Å². The highest BCUT2D eigenvalue weighted by Gasteiger charge is 2.42. The zero-order valence-corrected chi connectivity index (χ0v) is 21.4. The van der Waals surface area contributed by atoms with Gasteiger partial charge in [0, 0.05) is 55.8 Å². The van der Waals surface area contributed by atoms with Crippen molar-refractivity contribution in [2.45, 2.75) is 39.3 Å². The number of halogens is 2. The topological polar surface area (TPSA) is 127 Å². The van der Waals surface area contributed by atoms with Crippen molar-refractivity contribution in [1.29, 1.82) is 0 Å². The lowest BCUT2D eigenvalue weighted by atomic mass is 10.1. The summed E-state index contributed by atoms with van der Waals surface area (Å²) in [6, 6.07) is 2.85. The number of aryl methyl sites for hydroxylation is 2. The van der Waals surface area contributed by atoms with Crippen LogP contribution in [0.5, 0.6) is 0 Å². The minimum absolute atomic E-state index is 0.00447. The van der Waals surface area contributed by atoms with Crippen LogP contribution in [0.15, 0.2) is 24.4 Å². The summed E-state index contributed by atoms with van der Waals surface area (Å²) in [5.41, 5.74) is -1.15. The number of aliphatic hydroxyl groups excluding tert-OH is 1. The number of rotatable bonds is 6. The predicted molar refractivity (Wildman–Crippen MR) is 128 cm³/mol. The van der Waals surface area contributed by atoms with Gasteiger partial charge in [-0.05, 0) is 51.5 Å². The third-order valence-corrected chi connectivity index (χ3v) is 6.51. The maximum absolute atomic E-state index is 15.5. The number of hydrogen-bond donors (Lipinski definition) is 2. The van der Waals surface area contributed by atoms with Crippen molar-refractivity contribution in [3.05, 3.63) is 47.3 Å². The van der Waals surface area contributed by atoms with E-state index in [1.54, 1.807) is 20.8 Å². The normalized spacial score (nSPS) is 18.8. The number of carbonyl (C=O) groups excluding carboxylic acids is 2. The van der Waals surface area contributed by atoms with Crippen LogP contribution in [-0.2, 0) is 23.1 Å². The summed E-state index contributed by atoms with van der Waals surface area (Å²) >= 11 is -3.01. The molecular formula is C23H29F2N4O6S-. The maximum Gasteiger partial charge on any atom is 0.410 e. The molecule has 1 aliphatic heterocycles. The number of ether oxygens (including phenoxy) is 1. The van der Waals surface area contributed by atoms with Crippen molar-refractivity contribution in [3.63, 3.8) is 0 Å². The van der Waals surface area contributed by atoms with Gasteiger partial charge in [-0.2, -0.15) is 0 Å². The van der Waals surface area contributed by atoms with Crippen molar-refractivity contribution in [2.24, 2.45) is 13.0 Å². The molecule has 36 heavy (non-hydrogen) atoms. The van der Waals surface area contributed by atoms with E-state index in [0.29, 0.717) is 0 Å². The van der Waals surface area contributed by atoms with Gasteiger partial charge in [0.2, 0.25) is 0 Å². The van der Waals surface area contributed by atoms with Gasteiger partial charge in [0.25, 0.3) is 5.91 Å². The first-order chi connectivity index (χ1) is 16.7. The molecule has 3 unspecified atom stereocenters. The van der Waals surface area contributed by atoms with Crippen molar-refractivity contribution in [2.75, 3.05) is 29.3 Å². The Kier molecular flexibility index (Phi) is 8.06. The van der Waals surface area contributed by atoms with Gasteiger partial charge in [0.05, 0.1) is 6.04 Å². The van der Waals surface area contributed by atoms with E-state index in [9.17, 15) is 27.8 Å². The fourth-order valence-electron chi connectivity index (χ4n) is 4.05. The summed E-state index contributed by atoms with van der Waals surface area (Å²) in [6.07, 6.45) is 0.448. The summed E-state index contributed by atoms with van der Waals surface area (Å²) in [7, 11) is 1.37. The molecule has 198 valence electrons. The average molecular weight is 528 g/mol. The molecule has 1 aromatic heterocycles. The van der Waals surface area contributed by atoms with E-state index >= 15 is 4.39 Å². The molecule has 0 spiro atoms. The Morgan fingerprint density at radius 3 is 2.53 bits per heavy atom. The number of carbonyl (C=O) groups is 2. The first-order valence-electron chi connectivity index (χ1n) is 11.1. The molecule has 3 rings (SSSR count). The molecule has 1 saturated heterocycles. The summed E-state index contributed by atoms with van der Waals surface area (Å²) in [5.74, 6) is -3.17. The quantitative estimate of drug-likeness (QED) is 0.556. The molecule has 10 nitrogen and oxygen atoms in total. The molecular weight excluding hydrogens is 498 g/mol. The van der Waals surface area contributed by atoms with Crippen LogP contribution < -0.4 is 9.62 Å². The Balaban J connectivity index is 1.91. The number of aromatic nitrogens is 1. The van der Waals surface area contributed by atoms with Crippen LogP contribution in [-0.4, -0.2) is 66.7 Å². The third kappa shape index (κ3) is 5.85. The molecule has 2 aromatic rings. The van der Waals surface area contributed by atoms with Gasteiger partial charge in [-0.25, -0.2) is 13.6 Å². The highest BCUT2D eigenvalue weighted by Crippen LogP contribution is 2.33. The lowest BCUT2D eigenvalue weighted by molar-refractivity contribution is 0.0283. The van der Waals surface area contributed by atoms with E-state index in [4.69, 9.17) is 4.74 Å². The van der Waals surface area contributed by atoms with Gasteiger partial charge in [0.1, 0.15) is 22.8 Å². The fraction of sp³-hybridized carbons (Fsp3) is 0.478. The van der Waals surface area contributed by atoms with Crippen molar-refractivity contribution < 1.29 is 37.0 Å².